The molecule has 1 fully saturated rings. The van der Waals surface area contributed by atoms with Gasteiger partial charge in [0, 0.05) is 44.1 Å². The van der Waals surface area contributed by atoms with Gasteiger partial charge in [-0.2, -0.15) is 0 Å². The first-order chi connectivity index (χ1) is 11.5. The average Bonchev–Trinajstić information content (AvgIpc) is 2.54. The summed E-state index contributed by atoms with van der Waals surface area (Å²) in [6, 6.07) is 5.21. The third-order valence-corrected chi connectivity index (χ3v) is 3.72. The fourth-order valence-corrected chi connectivity index (χ4v) is 2.56. The highest BCUT2D eigenvalue weighted by atomic mass is 19.1. The van der Waals surface area contributed by atoms with E-state index >= 15 is 0 Å². The van der Waals surface area contributed by atoms with Gasteiger partial charge in [-0.25, -0.2) is 22.9 Å². The number of hydrogen-bond acceptors (Lipinski definition) is 3. The van der Waals surface area contributed by atoms with Gasteiger partial charge in [0.1, 0.15) is 11.6 Å². The summed E-state index contributed by atoms with van der Waals surface area (Å²) >= 11 is 0. The molecule has 5 nitrogen and oxygen atoms in total. The molecule has 126 valence electrons. The van der Waals surface area contributed by atoms with Crippen molar-refractivity contribution in [2.45, 2.75) is 0 Å². The van der Waals surface area contributed by atoms with E-state index in [9.17, 15) is 18.0 Å². The summed E-state index contributed by atoms with van der Waals surface area (Å²) in [6.07, 6.45) is 1.51. The maximum atomic E-state index is 13.7. The number of aromatic nitrogens is 1. The van der Waals surface area contributed by atoms with Crippen LogP contribution in [-0.2, 0) is 0 Å². The Labute approximate surface area is 136 Å². The third-order valence-electron chi connectivity index (χ3n) is 3.72. The van der Waals surface area contributed by atoms with Gasteiger partial charge in [-0.05, 0) is 24.3 Å². The standard InChI is InChI=1S/C16H15F3N4O/c17-11-8-12(18)10-13(9-11)21-16(24)23-6-4-22(5-7-23)15-14(19)2-1-3-20-15/h1-3,8-10H,4-7H2,(H,21,24). The van der Waals surface area contributed by atoms with Crippen molar-refractivity contribution in [2.24, 2.45) is 0 Å². The first kappa shape index (κ1) is 16.1. The minimum atomic E-state index is -0.763. The predicted molar refractivity (Wildman–Crippen MR) is 83.4 cm³/mol. The minimum Gasteiger partial charge on any atom is -0.351 e. The second-order valence-electron chi connectivity index (χ2n) is 5.37. The van der Waals surface area contributed by atoms with Crippen LogP contribution in [0.25, 0.3) is 0 Å². The lowest BCUT2D eigenvalue weighted by Gasteiger charge is -2.35. The van der Waals surface area contributed by atoms with Crippen LogP contribution in [0.5, 0.6) is 0 Å². The molecule has 2 aromatic rings. The number of carbonyl (C=O) groups is 1. The van der Waals surface area contributed by atoms with E-state index in [0.29, 0.717) is 26.2 Å². The molecule has 2 amide bonds. The van der Waals surface area contributed by atoms with E-state index in [0.717, 1.165) is 18.2 Å². The number of nitrogens with zero attached hydrogens (tertiary/aromatic N) is 3. The largest absolute Gasteiger partial charge is 0.351 e. The van der Waals surface area contributed by atoms with E-state index in [1.54, 1.807) is 4.90 Å². The van der Waals surface area contributed by atoms with Crippen molar-refractivity contribution < 1.29 is 18.0 Å². The smallest absolute Gasteiger partial charge is 0.321 e. The average molecular weight is 336 g/mol. The Morgan fingerprint density at radius 1 is 1.04 bits per heavy atom. The van der Waals surface area contributed by atoms with Crippen LogP contribution in [-0.4, -0.2) is 42.1 Å². The highest BCUT2D eigenvalue weighted by Gasteiger charge is 2.23. The Morgan fingerprint density at radius 3 is 2.33 bits per heavy atom. The Kier molecular flexibility index (Phi) is 4.54. The molecular weight excluding hydrogens is 321 g/mol. The second kappa shape index (κ2) is 6.77. The highest BCUT2D eigenvalue weighted by molar-refractivity contribution is 5.89. The zero-order chi connectivity index (χ0) is 17.1. The van der Waals surface area contributed by atoms with Crippen molar-refractivity contribution in [1.29, 1.82) is 0 Å². The fourth-order valence-electron chi connectivity index (χ4n) is 2.56. The van der Waals surface area contributed by atoms with Crippen LogP contribution in [0.2, 0.25) is 0 Å². The summed E-state index contributed by atoms with van der Waals surface area (Å²) < 4.78 is 40.0. The molecule has 1 aliphatic heterocycles. The van der Waals surface area contributed by atoms with Gasteiger partial charge in [-0.3, -0.25) is 0 Å². The first-order valence-electron chi connectivity index (χ1n) is 7.40. The van der Waals surface area contributed by atoms with Gasteiger partial charge in [0.15, 0.2) is 11.6 Å². The van der Waals surface area contributed by atoms with Crippen LogP contribution in [0, 0.1) is 17.5 Å². The van der Waals surface area contributed by atoms with Crippen molar-refractivity contribution >= 4 is 17.5 Å². The minimum absolute atomic E-state index is 0.0516. The van der Waals surface area contributed by atoms with Crippen LogP contribution >= 0.6 is 0 Å². The molecule has 0 saturated carbocycles. The van der Waals surface area contributed by atoms with Crippen LogP contribution in [0.15, 0.2) is 36.5 Å². The molecule has 0 atom stereocenters. The number of rotatable bonds is 2. The molecule has 2 heterocycles. The monoisotopic (exact) mass is 336 g/mol. The number of benzene rings is 1. The van der Waals surface area contributed by atoms with Crippen molar-refractivity contribution in [3.63, 3.8) is 0 Å². The zero-order valence-electron chi connectivity index (χ0n) is 12.7. The number of piperazine rings is 1. The Hall–Kier alpha value is -2.77. The molecule has 0 radical (unpaired) electrons. The molecule has 0 aliphatic carbocycles. The predicted octanol–water partition coefficient (Wildman–Crippen LogP) is 2.85. The third kappa shape index (κ3) is 3.58. The molecular formula is C16H15F3N4O. The number of pyridine rings is 1. The lowest BCUT2D eigenvalue weighted by molar-refractivity contribution is 0.208. The topological polar surface area (TPSA) is 48.5 Å². The van der Waals surface area contributed by atoms with E-state index in [-0.39, 0.29) is 11.5 Å². The second-order valence-corrected chi connectivity index (χ2v) is 5.37. The molecule has 1 saturated heterocycles. The van der Waals surface area contributed by atoms with Crippen molar-refractivity contribution in [3.05, 3.63) is 54.0 Å². The Balaban J connectivity index is 1.60. The number of anilines is 2. The van der Waals surface area contributed by atoms with Gasteiger partial charge < -0.3 is 15.1 Å². The van der Waals surface area contributed by atoms with Crippen molar-refractivity contribution in [3.8, 4) is 0 Å². The van der Waals surface area contributed by atoms with Gasteiger partial charge >= 0.3 is 6.03 Å². The summed E-state index contributed by atoms with van der Waals surface area (Å²) in [7, 11) is 0. The Bertz CT molecular complexity index is 728. The number of nitrogens with one attached hydrogen (secondary N) is 1. The number of amides is 2. The molecule has 0 spiro atoms. The quantitative estimate of drug-likeness (QED) is 0.917. The van der Waals surface area contributed by atoms with E-state index in [4.69, 9.17) is 0 Å². The van der Waals surface area contributed by atoms with E-state index < -0.39 is 23.5 Å². The van der Waals surface area contributed by atoms with Crippen LogP contribution in [0.3, 0.4) is 0 Å². The van der Waals surface area contributed by atoms with Gasteiger partial charge in [0.05, 0.1) is 0 Å². The molecule has 1 N–H and O–H groups in total. The molecule has 1 aromatic carbocycles. The zero-order valence-corrected chi connectivity index (χ0v) is 12.7. The van der Waals surface area contributed by atoms with Crippen LogP contribution < -0.4 is 10.2 Å². The maximum Gasteiger partial charge on any atom is 0.321 e. The molecule has 0 unspecified atom stereocenters. The lowest BCUT2D eigenvalue weighted by Crippen LogP contribution is -2.50. The molecule has 8 heteroatoms. The molecule has 1 aromatic heterocycles. The molecule has 0 bridgehead atoms. The van der Waals surface area contributed by atoms with Crippen molar-refractivity contribution in [1.82, 2.24) is 9.88 Å². The highest BCUT2D eigenvalue weighted by Crippen LogP contribution is 2.18. The van der Waals surface area contributed by atoms with Gasteiger partial charge in [0.25, 0.3) is 0 Å². The van der Waals surface area contributed by atoms with E-state index in [1.807, 2.05) is 0 Å². The molecule has 24 heavy (non-hydrogen) atoms. The summed E-state index contributed by atoms with van der Waals surface area (Å²) in [5.41, 5.74) is 0.0516. The number of carbonyl (C=O) groups excluding carboxylic acids is 1. The van der Waals surface area contributed by atoms with Gasteiger partial charge in [-0.15, -0.1) is 0 Å². The van der Waals surface area contributed by atoms with Crippen LogP contribution in [0.1, 0.15) is 0 Å². The van der Waals surface area contributed by atoms with Gasteiger partial charge in [0.2, 0.25) is 0 Å². The number of halogens is 3. The lowest BCUT2D eigenvalue weighted by atomic mass is 10.3. The summed E-state index contributed by atoms with van der Waals surface area (Å²) in [6.45, 7) is 1.52. The Morgan fingerprint density at radius 2 is 1.71 bits per heavy atom. The van der Waals surface area contributed by atoms with Gasteiger partial charge in [-0.1, -0.05) is 0 Å². The normalized spacial score (nSPS) is 14.6. The van der Waals surface area contributed by atoms with Crippen LogP contribution in [0.4, 0.5) is 29.5 Å². The molecule has 1 aliphatic rings. The first-order valence-corrected chi connectivity index (χ1v) is 7.40. The SMILES string of the molecule is O=C(Nc1cc(F)cc(F)c1)N1CCN(c2ncccc2F)CC1. The van der Waals surface area contributed by atoms with E-state index in [2.05, 4.69) is 10.3 Å². The summed E-state index contributed by atoms with van der Waals surface area (Å²) in [5, 5.41) is 2.46. The van der Waals surface area contributed by atoms with E-state index in [1.165, 1.54) is 23.2 Å². The molecule has 3 rings (SSSR count). The van der Waals surface area contributed by atoms with Crippen molar-refractivity contribution in [2.75, 3.05) is 36.4 Å². The summed E-state index contributed by atoms with van der Waals surface area (Å²) in [4.78, 5) is 19.4. The fraction of sp³-hybridized carbons (Fsp3) is 0.250. The summed E-state index contributed by atoms with van der Waals surface area (Å²) in [5.74, 6) is -1.68. The number of hydrogen-bond donors (Lipinski definition) is 1. The number of urea groups is 1. The maximum absolute atomic E-state index is 13.7.